The summed E-state index contributed by atoms with van der Waals surface area (Å²) in [7, 11) is 0. The van der Waals surface area contributed by atoms with Gasteiger partial charge in [-0.15, -0.1) is 11.3 Å². The third kappa shape index (κ3) is 3.76. The molecule has 0 fully saturated rings. The number of nitrogens with zero attached hydrogens (tertiary/aromatic N) is 2. The van der Waals surface area contributed by atoms with E-state index in [1.54, 1.807) is 24.3 Å². The zero-order valence-electron chi connectivity index (χ0n) is 11.6. The number of carbonyl (C=O) groups excluding carboxylic acids is 1. The first-order chi connectivity index (χ1) is 10.7. The van der Waals surface area contributed by atoms with Gasteiger partial charge in [-0.05, 0) is 41.6 Å². The molecule has 114 valence electrons. The molecule has 1 amide bonds. The highest BCUT2D eigenvalue weighted by Crippen LogP contribution is 2.30. The fourth-order valence-corrected chi connectivity index (χ4v) is 2.76. The Bertz CT molecular complexity index is 640. The Balaban J connectivity index is 2.16. The van der Waals surface area contributed by atoms with Gasteiger partial charge in [0.25, 0.3) is 0 Å². The number of anilines is 2. The van der Waals surface area contributed by atoms with Gasteiger partial charge in [0.1, 0.15) is 11.0 Å². The molecule has 1 aromatic carbocycles. The van der Waals surface area contributed by atoms with Crippen LogP contribution in [-0.4, -0.2) is 17.5 Å². The van der Waals surface area contributed by atoms with Crippen LogP contribution in [0.2, 0.25) is 0 Å². The van der Waals surface area contributed by atoms with Gasteiger partial charge in [0.15, 0.2) is 0 Å². The summed E-state index contributed by atoms with van der Waals surface area (Å²) in [5, 5.41) is 14.3. The first-order valence-electron chi connectivity index (χ1n) is 6.58. The minimum atomic E-state index is -0.963. The Morgan fingerprint density at radius 2 is 2.05 bits per heavy atom. The summed E-state index contributed by atoms with van der Waals surface area (Å²) in [6, 6.07) is 9.78. The van der Waals surface area contributed by atoms with E-state index in [2.05, 4.69) is 5.18 Å². The Hall–Kier alpha value is -2.54. The van der Waals surface area contributed by atoms with Crippen molar-refractivity contribution < 1.29 is 14.7 Å². The molecule has 6 nitrogen and oxygen atoms in total. The van der Waals surface area contributed by atoms with Crippen molar-refractivity contribution in [3.63, 3.8) is 0 Å². The van der Waals surface area contributed by atoms with Crippen molar-refractivity contribution >= 4 is 34.4 Å². The number of carboxylic acid groups (broad SMARTS) is 1. The maximum absolute atomic E-state index is 11.3. The number of carbonyl (C=O) groups is 2. The molecule has 0 saturated heterocycles. The lowest BCUT2D eigenvalue weighted by molar-refractivity contribution is -0.137. The number of nitroso groups, excluding NO2 is 1. The zero-order chi connectivity index (χ0) is 15.9. The second-order valence-electron chi connectivity index (χ2n) is 4.57. The topological polar surface area (TPSA) is 87.0 Å². The molecule has 1 heterocycles. The predicted molar refractivity (Wildman–Crippen MR) is 84.4 cm³/mol. The van der Waals surface area contributed by atoms with Crippen molar-refractivity contribution in [2.45, 2.75) is 18.9 Å². The number of hydrogen-bond acceptors (Lipinski definition) is 5. The van der Waals surface area contributed by atoms with Crippen LogP contribution in [0.15, 0.2) is 47.0 Å². The fourth-order valence-electron chi connectivity index (χ4n) is 2.04. The van der Waals surface area contributed by atoms with Crippen molar-refractivity contribution in [3.05, 3.63) is 52.2 Å². The lowest BCUT2D eigenvalue weighted by Crippen LogP contribution is -2.12. The van der Waals surface area contributed by atoms with Crippen molar-refractivity contribution in [3.8, 4) is 0 Å². The van der Waals surface area contributed by atoms with Crippen molar-refractivity contribution in [1.29, 1.82) is 0 Å². The second-order valence-corrected chi connectivity index (χ2v) is 5.50. The van der Waals surface area contributed by atoms with E-state index in [1.165, 1.54) is 16.2 Å². The van der Waals surface area contributed by atoms with Gasteiger partial charge in [-0.3, -0.25) is 14.5 Å². The molecule has 1 aromatic heterocycles. The molecule has 0 aliphatic heterocycles. The normalized spacial score (nSPS) is 11.6. The highest BCUT2D eigenvalue weighted by atomic mass is 32.1. The number of thiophene rings is 1. The number of aliphatic carboxylic acids is 1. The first kappa shape index (κ1) is 15.8. The van der Waals surface area contributed by atoms with Crippen LogP contribution in [0.4, 0.5) is 10.7 Å². The van der Waals surface area contributed by atoms with E-state index >= 15 is 0 Å². The molecule has 2 rings (SSSR count). The maximum atomic E-state index is 11.3. The average molecular weight is 318 g/mol. The summed E-state index contributed by atoms with van der Waals surface area (Å²) in [6.45, 7) is 0. The highest BCUT2D eigenvalue weighted by Gasteiger charge is 2.15. The molecular formula is C15H14N2O4S. The van der Waals surface area contributed by atoms with Crippen molar-refractivity contribution in [2.24, 2.45) is 5.18 Å². The van der Waals surface area contributed by atoms with E-state index in [1.807, 2.05) is 17.5 Å². The lowest BCUT2D eigenvalue weighted by Gasteiger charge is -2.16. The summed E-state index contributed by atoms with van der Waals surface area (Å²) in [5.41, 5.74) is 1.31. The van der Waals surface area contributed by atoms with Crippen LogP contribution in [0.5, 0.6) is 0 Å². The second kappa shape index (κ2) is 7.46. The predicted octanol–water partition coefficient (Wildman–Crippen LogP) is 3.71. The molecule has 0 aliphatic carbocycles. The molecule has 0 spiro atoms. The minimum Gasteiger partial charge on any atom is -0.481 e. The van der Waals surface area contributed by atoms with E-state index < -0.39 is 12.0 Å². The average Bonchev–Trinajstić information content (AvgIpc) is 3.04. The molecule has 1 unspecified atom stereocenters. The lowest BCUT2D eigenvalue weighted by atomic mass is 10.0. The summed E-state index contributed by atoms with van der Waals surface area (Å²) in [6.07, 6.45) is 0.759. The van der Waals surface area contributed by atoms with Crippen LogP contribution in [0.1, 0.15) is 24.4 Å². The minimum absolute atomic E-state index is 0.117. The molecule has 0 radical (unpaired) electrons. The Kier molecular flexibility index (Phi) is 5.37. The fraction of sp³-hybridized carbons (Fsp3) is 0.200. The van der Waals surface area contributed by atoms with Crippen LogP contribution in [0.25, 0.3) is 0 Å². The van der Waals surface area contributed by atoms with Gasteiger partial charge in [0.05, 0.1) is 0 Å². The van der Waals surface area contributed by atoms with Gasteiger partial charge in [0.2, 0.25) is 6.41 Å². The SMILES string of the molecule is O=CN(c1ccc(C(CCC(=O)O)N=O)cc1)c1cccs1. The van der Waals surface area contributed by atoms with Gasteiger partial charge in [-0.2, -0.15) is 4.91 Å². The molecular weight excluding hydrogens is 304 g/mol. The van der Waals surface area contributed by atoms with E-state index in [9.17, 15) is 14.5 Å². The maximum Gasteiger partial charge on any atom is 0.303 e. The third-order valence-corrected chi connectivity index (χ3v) is 4.03. The first-order valence-corrected chi connectivity index (χ1v) is 7.46. The third-order valence-electron chi connectivity index (χ3n) is 3.16. The number of hydrogen-bond donors (Lipinski definition) is 1. The molecule has 0 saturated carbocycles. The molecule has 22 heavy (non-hydrogen) atoms. The van der Waals surface area contributed by atoms with Gasteiger partial charge >= 0.3 is 5.97 Å². The number of benzene rings is 1. The zero-order valence-corrected chi connectivity index (χ0v) is 12.4. The molecule has 7 heteroatoms. The van der Waals surface area contributed by atoms with Gasteiger partial charge in [-0.25, -0.2) is 0 Å². The van der Waals surface area contributed by atoms with E-state index in [0.717, 1.165) is 11.4 Å². The van der Waals surface area contributed by atoms with Crippen molar-refractivity contribution in [2.75, 3.05) is 4.90 Å². The summed E-state index contributed by atoms with van der Waals surface area (Å²) >= 11 is 1.44. The number of rotatable bonds is 8. The highest BCUT2D eigenvalue weighted by molar-refractivity contribution is 7.14. The smallest absolute Gasteiger partial charge is 0.303 e. The summed E-state index contributed by atoms with van der Waals surface area (Å²) in [5.74, 6) is -0.963. The van der Waals surface area contributed by atoms with Crippen LogP contribution >= 0.6 is 11.3 Å². The van der Waals surface area contributed by atoms with Gasteiger partial charge in [0, 0.05) is 12.1 Å². The van der Waals surface area contributed by atoms with Gasteiger partial charge < -0.3 is 5.11 Å². The monoisotopic (exact) mass is 318 g/mol. The molecule has 1 atom stereocenters. The molecule has 0 bridgehead atoms. The Morgan fingerprint density at radius 1 is 1.32 bits per heavy atom. The van der Waals surface area contributed by atoms with Crippen LogP contribution in [0.3, 0.4) is 0 Å². The molecule has 0 aliphatic rings. The van der Waals surface area contributed by atoms with Crippen LogP contribution in [0, 0.1) is 4.91 Å². The van der Waals surface area contributed by atoms with Crippen LogP contribution in [-0.2, 0) is 9.59 Å². The van der Waals surface area contributed by atoms with E-state index in [0.29, 0.717) is 11.3 Å². The Morgan fingerprint density at radius 3 is 2.55 bits per heavy atom. The van der Waals surface area contributed by atoms with E-state index in [-0.39, 0.29) is 12.8 Å². The quantitative estimate of drug-likeness (QED) is 0.593. The standard InChI is InChI=1S/C15H14N2O4S/c18-10-17(14-2-1-9-22-14)12-5-3-11(4-6-12)13(16-21)7-8-15(19)20/h1-6,9-10,13H,7-8H2,(H,19,20). The van der Waals surface area contributed by atoms with E-state index in [4.69, 9.17) is 5.11 Å². The van der Waals surface area contributed by atoms with Crippen molar-refractivity contribution in [1.82, 2.24) is 0 Å². The Labute approximate surface area is 131 Å². The number of amides is 1. The largest absolute Gasteiger partial charge is 0.481 e. The van der Waals surface area contributed by atoms with Gasteiger partial charge in [-0.1, -0.05) is 17.3 Å². The number of carboxylic acids is 1. The van der Waals surface area contributed by atoms with Crippen LogP contribution < -0.4 is 4.90 Å². The molecule has 1 N–H and O–H groups in total. The molecule has 2 aromatic rings. The summed E-state index contributed by atoms with van der Waals surface area (Å²) in [4.78, 5) is 34.2. The summed E-state index contributed by atoms with van der Waals surface area (Å²) < 4.78 is 0.